The summed E-state index contributed by atoms with van der Waals surface area (Å²) in [4.78, 5) is 19.8. The molecule has 5 heteroatoms. The van der Waals surface area contributed by atoms with E-state index in [1.165, 1.54) is 6.20 Å². The maximum absolute atomic E-state index is 11.6. The lowest BCUT2D eigenvalue weighted by Crippen LogP contribution is -2.51. The quantitative estimate of drug-likeness (QED) is 0.829. The Morgan fingerprint density at radius 2 is 2.12 bits per heavy atom. The Hall–Kier alpha value is -2.04. The van der Waals surface area contributed by atoms with Crippen LogP contribution in [0.15, 0.2) is 37.2 Å². The first kappa shape index (κ1) is 11.4. The van der Waals surface area contributed by atoms with Gasteiger partial charge in [0, 0.05) is 32.4 Å². The Labute approximate surface area is 101 Å². The summed E-state index contributed by atoms with van der Waals surface area (Å²) in [6.07, 6.45) is 3.19. The molecule has 17 heavy (non-hydrogen) atoms. The van der Waals surface area contributed by atoms with E-state index in [0.29, 0.717) is 13.1 Å². The van der Waals surface area contributed by atoms with Crippen molar-refractivity contribution in [2.75, 3.05) is 31.1 Å². The highest BCUT2D eigenvalue weighted by molar-refractivity contribution is 5.75. The predicted molar refractivity (Wildman–Crippen MR) is 66.8 cm³/mol. The van der Waals surface area contributed by atoms with Gasteiger partial charge < -0.3 is 15.1 Å². The maximum atomic E-state index is 11.6. The van der Waals surface area contributed by atoms with Crippen LogP contribution >= 0.6 is 0 Å². The molecule has 1 saturated heterocycles. The third-order valence-electron chi connectivity index (χ3n) is 2.77. The first-order valence-corrected chi connectivity index (χ1v) is 5.63. The molecule has 1 aromatic rings. The molecule has 2 amide bonds. The van der Waals surface area contributed by atoms with Crippen LogP contribution in [0.2, 0.25) is 0 Å². The molecule has 0 atom stereocenters. The Kier molecular flexibility index (Phi) is 3.59. The highest BCUT2D eigenvalue weighted by Gasteiger charge is 2.20. The number of amides is 2. The van der Waals surface area contributed by atoms with Gasteiger partial charge in [-0.25, -0.2) is 9.78 Å². The highest BCUT2D eigenvalue weighted by Crippen LogP contribution is 2.12. The fraction of sp³-hybridized carbons (Fsp3) is 0.333. The van der Waals surface area contributed by atoms with E-state index in [-0.39, 0.29) is 6.03 Å². The van der Waals surface area contributed by atoms with E-state index < -0.39 is 0 Å². The molecule has 2 heterocycles. The molecule has 0 radical (unpaired) electrons. The molecule has 0 aromatic carbocycles. The van der Waals surface area contributed by atoms with Gasteiger partial charge in [0.1, 0.15) is 5.82 Å². The van der Waals surface area contributed by atoms with Crippen molar-refractivity contribution in [2.24, 2.45) is 0 Å². The van der Waals surface area contributed by atoms with Gasteiger partial charge in [-0.15, -0.1) is 0 Å². The Balaban J connectivity index is 1.90. The zero-order valence-corrected chi connectivity index (χ0v) is 9.67. The minimum atomic E-state index is -0.0827. The summed E-state index contributed by atoms with van der Waals surface area (Å²) in [6.45, 7) is 6.50. The van der Waals surface area contributed by atoms with Gasteiger partial charge in [-0.2, -0.15) is 0 Å². The number of urea groups is 1. The molecule has 2 rings (SSSR count). The van der Waals surface area contributed by atoms with Gasteiger partial charge in [-0.1, -0.05) is 12.6 Å². The summed E-state index contributed by atoms with van der Waals surface area (Å²) in [5.74, 6) is 0.969. The second-order valence-corrected chi connectivity index (χ2v) is 3.82. The minimum absolute atomic E-state index is 0.0827. The van der Waals surface area contributed by atoms with Crippen molar-refractivity contribution in [1.29, 1.82) is 0 Å². The van der Waals surface area contributed by atoms with Gasteiger partial charge in [0.15, 0.2) is 0 Å². The standard InChI is InChI=1S/C12H16N4O/c1-2-13-12(17)16-9-7-15(8-10-16)11-5-3-4-6-14-11/h2-6H,1,7-10H2,(H,13,17). The topological polar surface area (TPSA) is 48.5 Å². The average Bonchev–Trinajstić information content (AvgIpc) is 2.40. The summed E-state index contributed by atoms with van der Waals surface area (Å²) in [6, 6.07) is 5.77. The van der Waals surface area contributed by atoms with Gasteiger partial charge in [0.25, 0.3) is 0 Å². The number of anilines is 1. The Bertz CT molecular complexity index is 385. The number of nitrogens with one attached hydrogen (secondary N) is 1. The molecule has 1 aliphatic heterocycles. The second-order valence-electron chi connectivity index (χ2n) is 3.82. The lowest BCUT2D eigenvalue weighted by molar-refractivity contribution is 0.198. The summed E-state index contributed by atoms with van der Waals surface area (Å²) >= 11 is 0. The number of nitrogens with zero attached hydrogens (tertiary/aromatic N) is 3. The third-order valence-corrected chi connectivity index (χ3v) is 2.77. The number of carbonyl (C=O) groups is 1. The summed E-state index contributed by atoms with van der Waals surface area (Å²) < 4.78 is 0. The molecule has 0 saturated carbocycles. The average molecular weight is 232 g/mol. The van der Waals surface area contributed by atoms with Crippen LogP contribution in [-0.4, -0.2) is 42.1 Å². The van der Waals surface area contributed by atoms with E-state index in [2.05, 4.69) is 21.8 Å². The van der Waals surface area contributed by atoms with Crippen molar-refractivity contribution in [3.63, 3.8) is 0 Å². The molecular formula is C12H16N4O. The molecule has 0 spiro atoms. The second kappa shape index (κ2) is 5.34. The first-order valence-electron chi connectivity index (χ1n) is 5.63. The van der Waals surface area contributed by atoms with Crippen molar-refractivity contribution in [2.45, 2.75) is 0 Å². The van der Waals surface area contributed by atoms with E-state index in [0.717, 1.165) is 18.9 Å². The van der Waals surface area contributed by atoms with Crippen molar-refractivity contribution < 1.29 is 4.79 Å². The fourth-order valence-electron chi connectivity index (χ4n) is 1.86. The largest absolute Gasteiger partial charge is 0.353 e. The predicted octanol–water partition coefficient (Wildman–Crippen LogP) is 1.06. The lowest BCUT2D eigenvalue weighted by Gasteiger charge is -2.35. The van der Waals surface area contributed by atoms with Gasteiger partial charge in [-0.3, -0.25) is 0 Å². The summed E-state index contributed by atoms with van der Waals surface area (Å²) in [5.41, 5.74) is 0. The smallest absolute Gasteiger partial charge is 0.321 e. The molecule has 0 bridgehead atoms. The number of hydrogen-bond acceptors (Lipinski definition) is 3. The van der Waals surface area contributed by atoms with Crippen LogP contribution in [-0.2, 0) is 0 Å². The van der Waals surface area contributed by atoms with E-state index in [4.69, 9.17) is 0 Å². The molecule has 90 valence electrons. The van der Waals surface area contributed by atoms with Gasteiger partial charge in [0.2, 0.25) is 0 Å². The number of piperazine rings is 1. The number of rotatable bonds is 2. The maximum Gasteiger partial charge on any atom is 0.321 e. The molecule has 1 N–H and O–H groups in total. The number of carbonyl (C=O) groups excluding carboxylic acids is 1. The van der Waals surface area contributed by atoms with Crippen LogP contribution in [0, 0.1) is 0 Å². The van der Waals surface area contributed by atoms with Crippen LogP contribution in [0.5, 0.6) is 0 Å². The number of hydrogen-bond donors (Lipinski definition) is 1. The monoisotopic (exact) mass is 232 g/mol. The van der Waals surface area contributed by atoms with Gasteiger partial charge >= 0.3 is 6.03 Å². The third kappa shape index (κ3) is 2.75. The Morgan fingerprint density at radius 1 is 1.35 bits per heavy atom. The van der Waals surface area contributed by atoms with Gasteiger partial charge in [-0.05, 0) is 18.3 Å². The highest BCUT2D eigenvalue weighted by atomic mass is 16.2. The normalized spacial score (nSPS) is 15.5. The van der Waals surface area contributed by atoms with Crippen molar-refractivity contribution in [3.8, 4) is 0 Å². The summed E-state index contributed by atoms with van der Waals surface area (Å²) in [7, 11) is 0. The lowest BCUT2D eigenvalue weighted by atomic mass is 10.3. The molecule has 1 aliphatic rings. The first-order chi connectivity index (χ1) is 8.31. The zero-order valence-electron chi connectivity index (χ0n) is 9.67. The fourth-order valence-corrected chi connectivity index (χ4v) is 1.86. The van der Waals surface area contributed by atoms with Crippen LogP contribution in [0.1, 0.15) is 0 Å². The van der Waals surface area contributed by atoms with E-state index >= 15 is 0 Å². The van der Waals surface area contributed by atoms with E-state index in [1.807, 2.05) is 18.2 Å². The molecule has 0 aliphatic carbocycles. The zero-order chi connectivity index (χ0) is 12.1. The van der Waals surface area contributed by atoms with Crippen LogP contribution in [0.4, 0.5) is 10.6 Å². The van der Waals surface area contributed by atoms with Crippen LogP contribution in [0.25, 0.3) is 0 Å². The van der Waals surface area contributed by atoms with E-state index in [1.54, 1.807) is 11.1 Å². The van der Waals surface area contributed by atoms with Crippen molar-refractivity contribution >= 4 is 11.8 Å². The molecular weight excluding hydrogens is 216 g/mol. The van der Waals surface area contributed by atoms with Crippen LogP contribution < -0.4 is 10.2 Å². The van der Waals surface area contributed by atoms with E-state index in [9.17, 15) is 4.79 Å². The number of pyridine rings is 1. The Morgan fingerprint density at radius 3 is 2.71 bits per heavy atom. The number of aromatic nitrogens is 1. The molecule has 5 nitrogen and oxygen atoms in total. The molecule has 1 fully saturated rings. The summed E-state index contributed by atoms with van der Waals surface area (Å²) in [5, 5.41) is 2.59. The molecule has 1 aromatic heterocycles. The molecule has 0 unspecified atom stereocenters. The van der Waals surface area contributed by atoms with Crippen LogP contribution in [0.3, 0.4) is 0 Å². The van der Waals surface area contributed by atoms with Crippen molar-refractivity contribution in [3.05, 3.63) is 37.2 Å². The van der Waals surface area contributed by atoms with Gasteiger partial charge in [0.05, 0.1) is 0 Å². The minimum Gasteiger partial charge on any atom is -0.353 e. The SMILES string of the molecule is C=CNC(=O)N1CCN(c2ccccn2)CC1. The van der Waals surface area contributed by atoms with Crippen molar-refractivity contribution in [1.82, 2.24) is 15.2 Å².